The lowest BCUT2D eigenvalue weighted by molar-refractivity contribution is -0.171. The molecule has 4 heteroatoms. The van der Waals surface area contributed by atoms with Gasteiger partial charge in [0.2, 0.25) is 6.10 Å². The highest BCUT2D eigenvalue weighted by atomic mass is 16.6. The molecule has 17 heavy (non-hydrogen) atoms. The number of ether oxygens (including phenoxy) is 2. The van der Waals surface area contributed by atoms with Gasteiger partial charge in [-0.3, -0.25) is 4.79 Å². The van der Waals surface area contributed by atoms with Crippen LogP contribution in [0, 0.1) is 5.92 Å². The van der Waals surface area contributed by atoms with Crippen molar-refractivity contribution >= 4 is 11.9 Å². The van der Waals surface area contributed by atoms with Crippen LogP contribution in [-0.4, -0.2) is 24.6 Å². The molecule has 0 fully saturated rings. The fraction of sp³-hybridized carbons (Fsp3) is 0.846. The van der Waals surface area contributed by atoms with Crippen LogP contribution in [0.25, 0.3) is 0 Å². The van der Waals surface area contributed by atoms with Crippen LogP contribution in [0.5, 0.6) is 0 Å². The van der Waals surface area contributed by atoms with Crippen LogP contribution in [0.4, 0.5) is 0 Å². The molecule has 0 spiro atoms. The number of carbonyl (C=O) groups excluding carboxylic acids is 2. The Hall–Kier alpha value is -1.06. The average molecular weight is 244 g/mol. The van der Waals surface area contributed by atoms with Gasteiger partial charge in [-0.1, -0.05) is 27.2 Å². The number of carbonyl (C=O) groups is 2. The molecular weight excluding hydrogens is 220 g/mol. The minimum absolute atomic E-state index is 0.000133. The summed E-state index contributed by atoms with van der Waals surface area (Å²) in [6.45, 7) is 7.89. The van der Waals surface area contributed by atoms with Crippen LogP contribution >= 0.6 is 0 Å². The lowest BCUT2D eigenvalue weighted by Gasteiger charge is -2.22. The van der Waals surface area contributed by atoms with Crippen molar-refractivity contribution in [2.24, 2.45) is 5.92 Å². The zero-order chi connectivity index (χ0) is 13.3. The van der Waals surface area contributed by atoms with Crippen molar-refractivity contribution in [1.82, 2.24) is 0 Å². The topological polar surface area (TPSA) is 52.6 Å². The average Bonchev–Trinajstić information content (AvgIpc) is 2.26. The highest BCUT2D eigenvalue weighted by Crippen LogP contribution is 2.16. The first-order valence-electron chi connectivity index (χ1n) is 6.42. The van der Waals surface area contributed by atoms with Crippen LogP contribution in [0.15, 0.2) is 0 Å². The molecule has 4 nitrogen and oxygen atoms in total. The molecule has 0 amide bonds. The first kappa shape index (κ1) is 15.9. The highest BCUT2D eigenvalue weighted by Gasteiger charge is 2.29. The second-order valence-electron chi connectivity index (χ2n) is 4.18. The first-order valence-corrected chi connectivity index (χ1v) is 6.42. The van der Waals surface area contributed by atoms with E-state index in [1.165, 1.54) is 0 Å². The summed E-state index contributed by atoms with van der Waals surface area (Å²) in [6.07, 6.45) is 2.09. The normalized spacial score (nSPS) is 13.9. The molecule has 0 bridgehead atoms. The Balaban J connectivity index is 4.49. The van der Waals surface area contributed by atoms with Crippen molar-refractivity contribution in [1.29, 1.82) is 0 Å². The van der Waals surface area contributed by atoms with Gasteiger partial charge in [-0.05, 0) is 19.8 Å². The van der Waals surface area contributed by atoms with Gasteiger partial charge >= 0.3 is 11.9 Å². The Morgan fingerprint density at radius 3 is 2.24 bits per heavy atom. The highest BCUT2D eigenvalue weighted by molar-refractivity contribution is 5.79. The largest absolute Gasteiger partial charge is 0.463 e. The first-order chi connectivity index (χ1) is 8.06. The van der Waals surface area contributed by atoms with E-state index in [4.69, 9.17) is 9.47 Å². The zero-order valence-electron chi connectivity index (χ0n) is 11.3. The summed E-state index contributed by atoms with van der Waals surface area (Å²) in [5.74, 6) is -0.758. The zero-order valence-corrected chi connectivity index (χ0v) is 11.3. The molecule has 2 unspecified atom stereocenters. The molecular formula is C13H24O4. The molecule has 0 N–H and O–H groups in total. The van der Waals surface area contributed by atoms with Crippen LogP contribution in [0.2, 0.25) is 0 Å². The molecule has 100 valence electrons. The van der Waals surface area contributed by atoms with E-state index in [0.29, 0.717) is 13.0 Å². The Kier molecular flexibility index (Phi) is 8.46. The molecule has 0 rings (SSSR count). The van der Waals surface area contributed by atoms with Crippen molar-refractivity contribution in [2.75, 3.05) is 6.61 Å². The minimum atomic E-state index is -0.756. The van der Waals surface area contributed by atoms with Crippen LogP contribution in [0.3, 0.4) is 0 Å². The second kappa shape index (κ2) is 9.02. The molecule has 0 aliphatic rings. The predicted octanol–water partition coefficient (Wildman–Crippen LogP) is 2.70. The van der Waals surface area contributed by atoms with Gasteiger partial charge in [-0.2, -0.15) is 0 Å². The third-order valence-electron chi connectivity index (χ3n) is 2.49. The Morgan fingerprint density at radius 2 is 1.76 bits per heavy atom. The van der Waals surface area contributed by atoms with Gasteiger partial charge in [0, 0.05) is 12.3 Å². The van der Waals surface area contributed by atoms with Gasteiger partial charge in [-0.25, -0.2) is 4.79 Å². The monoisotopic (exact) mass is 244 g/mol. The van der Waals surface area contributed by atoms with Crippen LogP contribution < -0.4 is 0 Å². The van der Waals surface area contributed by atoms with E-state index in [0.717, 1.165) is 19.3 Å². The summed E-state index contributed by atoms with van der Waals surface area (Å²) in [7, 11) is 0. The van der Waals surface area contributed by atoms with Gasteiger partial charge < -0.3 is 9.47 Å². The quantitative estimate of drug-likeness (QED) is 0.616. The molecule has 0 aromatic heterocycles. The summed E-state index contributed by atoms with van der Waals surface area (Å²) >= 11 is 0. The van der Waals surface area contributed by atoms with Gasteiger partial charge in [0.25, 0.3) is 0 Å². The van der Waals surface area contributed by atoms with Gasteiger partial charge in [0.1, 0.15) is 0 Å². The number of hydrogen-bond donors (Lipinski definition) is 0. The van der Waals surface area contributed by atoms with Gasteiger partial charge in [0.15, 0.2) is 0 Å². The molecule has 0 aliphatic carbocycles. The van der Waals surface area contributed by atoms with Crippen molar-refractivity contribution in [3.05, 3.63) is 0 Å². The van der Waals surface area contributed by atoms with Crippen molar-refractivity contribution in [2.45, 2.75) is 59.5 Å². The van der Waals surface area contributed by atoms with Crippen molar-refractivity contribution in [3.63, 3.8) is 0 Å². The molecule has 0 radical (unpaired) electrons. The smallest absolute Gasteiger partial charge is 0.347 e. The minimum Gasteiger partial charge on any atom is -0.463 e. The maximum Gasteiger partial charge on any atom is 0.347 e. The van der Waals surface area contributed by atoms with E-state index in [2.05, 4.69) is 0 Å². The summed E-state index contributed by atoms with van der Waals surface area (Å²) in [5.41, 5.74) is 0. The van der Waals surface area contributed by atoms with Crippen molar-refractivity contribution < 1.29 is 19.1 Å². The molecule has 0 saturated carbocycles. The molecule has 0 aromatic rings. The van der Waals surface area contributed by atoms with E-state index in [1.807, 2.05) is 20.8 Å². The number of rotatable bonds is 8. The Morgan fingerprint density at radius 1 is 1.12 bits per heavy atom. The SMILES string of the molecule is CCCC(=O)OC(C(=O)OCC)C(C)CCC. The third kappa shape index (κ3) is 6.29. The summed E-state index contributed by atoms with van der Waals surface area (Å²) in [4.78, 5) is 23.1. The summed E-state index contributed by atoms with van der Waals surface area (Å²) in [5, 5.41) is 0. The van der Waals surface area contributed by atoms with Crippen LogP contribution in [-0.2, 0) is 19.1 Å². The molecule has 0 aliphatic heterocycles. The summed E-state index contributed by atoms with van der Waals surface area (Å²) in [6, 6.07) is 0. The molecule has 0 saturated heterocycles. The number of esters is 2. The van der Waals surface area contributed by atoms with Crippen molar-refractivity contribution in [3.8, 4) is 0 Å². The lowest BCUT2D eigenvalue weighted by atomic mass is 9.99. The molecule has 0 aromatic carbocycles. The lowest BCUT2D eigenvalue weighted by Crippen LogP contribution is -2.34. The van der Waals surface area contributed by atoms with E-state index in [9.17, 15) is 9.59 Å². The fourth-order valence-corrected chi connectivity index (χ4v) is 1.63. The van der Waals surface area contributed by atoms with E-state index < -0.39 is 12.1 Å². The van der Waals surface area contributed by atoms with Gasteiger partial charge in [-0.15, -0.1) is 0 Å². The predicted molar refractivity (Wildman–Crippen MR) is 65.5 cm³/mol. The maximum atomic E-state index is 11.7. The fourth-order valence-electron chi connectivity index (χ4n) is 1.63. The second-order valence-corrected chi connectivity index (χ2v) is 4.18. The maximum absolute atomic E-state index is 11.7. The Labute approximate surface area is 104 Å². The van der Waals surface area contributed by atoms with E-state index in [1.54, 1.807) is 6.92 Å². The molecule has 0 heterocycles. The van der Waals surface area contributed by atoms with E-state index in [-0.39, 0.29) is 11.9 Å². The van der Waals surface area contributed by atoms with E-state index >= 15 is 0 Å². The Bertz CT molecular complexity index is 238. The molecule has 2 atom stereocenters. The van der Waals surface area contributed by atoms with Gasteiger partial charge in [0.05, 0.1) is 6.61 Å². The third-order valence-corrected chi connectivity index (χ3v) is 2.49. The summed E-state index contributed by atoms with van der Waals surface area (Å²) < 4.78 is 10.1. The standard InChI is InChI=1S/C13H24O4/c1-5-8-10(4)12(13(15)16-7-3)17-11(14)9-6-2/h10,12H,5-9H2,1-4H3. The van der Waals surface area contributed by atoms with Crippen LogP contribution in [0.1, 0.15) is 53.4 Å². The number of hydrogen-bond acceptors (Lipinski definition) is 4.